The van der Waals surface area contributed by atoms with Crippen LogP contribution in [-0.4, -0.2) is 75.2 Å². The van der Waals surface area contributed by atoms with Crippen LogP contribution in [0.5, 0.6) is 0 Å². The van der Waals surface area contributed by atoms with E-state index in [9.17, 15) is 9.59 Å². The molecule has 0 radical (unpaired) electrons. The molecular weight excluding hydrogens is 503 g/mol. The fourth-order valence-corrected chi connectivity index (χ4v) is 5.33. The van der Waals surface area contributed by atoms with Gasteiger partial charge in [-0.2, -0.15) is 0 Å². The van der Waals surface area contributed by atoms with Crippen LogP contribution in [0.15, 0.2) is 17.6 Å². The maximum Gasteiger partial charge on any atom is 0.498 e. The number of nitrogens with zero attached hydrogens (tertiary/aromatic N) is 3. The van der Waals surface area contributed by atoms with Gasteiger partial charge in [0.15, 0.2) is 5.16 Å². The third kappa shape index (κ3) is 7.85. The topological polar surface area (TPSA) is 103 Å². The molecule has 0 saturated carbocycles. The lowest BCUT2D eigenvalue weighted by Crippen LogP contribution is -2.55. The first-order chi connectivity index (χ1) is 17.6. The van der Waals surface area contributed by atoms with Crippen LogP contribution in [0.1, 0.15) is 88.0 Å². The van der Waals surface area contributed by atoms with Crippen LogP contribution in [0.2, 0.25) is 0 Å². The van der Waals surface area contributed by atoms with Crippen molar-refractivity contribution in [3.8, 4) is 0 Å². The third-order valence-electron chi connectivity index (χ3n) is 7.37. The zero-order valence-electron chi connectivity index (χ0n) is 24.5. The van der Waals surface area contributed by atoms with Crippen LogP contribution in [-0.2, 0) is 18.8 Å². The minimum Gasteiger partial charge on any atom is -0.444 e. The van der Waals surface area contributed by atoms with Gasteiger partial charge in [0, 0.05) is 36.2 Å². The second kappa shape index (κ2) is 12.1. The molecule has 38 heavy (non-hydrogen) atoms. The number of likely N-dealkylation sites (tertiary alicyclic amines) is 1. The first-order valence-corrected chi connectivity index (χ1v) is 14.7. The van der Waals surface area contributed by atoms with Gasteiger partial charge in [-0.25, -0.2) is 14.8 Å². The minimum atomic E-state index is -0.621. The number of amides is 2. The summed E-state index contributed by atoms with van der Waals surface area (Å²) in [7, 11) is -0.482. The van der Waals surface area contributed by atoms with Gasteiger partial charge < -0.3 is 24.3 Å². The van der Waals surface area contributed by atoms with Crippen LogP contribution >= 0.6 is 11.8 Å². The van der Waals surface area contributed by atoms with Gasteiger partial charge in [-0.15, -0.1) is 0 Å². The number of hydrogen-bond donors (Lipinski definition) is 1. The van der Waals surface area contributed by atoms with E-state index in [1.807, 2.05) is 67.2 Å². The highest BCUT2D eigenvalue weighted by molar-refractivity contribution is 7.99. The maximum atomic E-state index is 13.5. The van der Waals surface area contributed by atoms with Crippen LogP contribution in [0.4, 0.5) is 4.79 Å². The zero-order chi connectivity index (χ0) is 28.3. The maximum absolute atomic E-state index is 13.5. The summed E-state index contributed by atoms with van der Waals surface area (Å²) in [5, 5.41) is 3.50. The monoisotopic (exact) mass is 548 g/mol. The number of ether oxygens (including phenoxy) is 1. The van der Waals surface area contributed by atoms with E-state index in [2.05, 4.69) is 15.3 Å². The van der Waals surface area contributed by atoms with Crippen molar-refractivity contribution in [3.05, 3.63) is 12.4 Å². The standard InChI is InChI=1S/C27H45BN4O5S/c1-18(2)21(31-24(34)35-25(3,4)5)22(33)32-14-11-10-12-20(32)13-15-38-23-29-16-19(17-30-23)28-36-26(6,7)27(8,9)37-28/h16-18,20-21H,10-15H2,1-9H3,(H,31,34)/t20-,21-/m0/s1. The van der Waals surface area contributed by atoms with Crippen molar-refractivity contribution < 1.29 is 23.6 Å². The number of carbonyl (C=O) groups excluding carboxylic acids is 2. The lowest BCUT2D eigenvalue weighted by molar-refractivity contribution is -0.138. The van der Waals surface area contributed by atoms with E-state index in [4.69, 9.17) is 14.0 Å². The Morgan fingerprint density at radius 3 is 2.32 bits per heavy atom. The average Bonchev–Trinajstić information content (AvgIpc) is 3.03. The van der Waals surface area contributed by atoms with Gasteiger partial charge in [0.2, 0.25) is 5.91 Å². The second-order valence-electron chi connectivity index (χ2n) is 12.6. The number of alkyl carbamates (subject to hydrolysis) is 1. The van der Waals surface area contributed by atoms with Gasteiger partial charge in [-0.05, 0) is 80.1 Å². The molecule has 2 atom stereocenters. The van der Waals surface area contributed by atoms with Crippen LogP contribution < -0.4 is 10.8 Å². The van der Waals surface area contributed by atoms with Gasteiger partial charge >= 0.3 is 13.2 Å². The molecule has 2 saturated heterocycles. The smallest absolute Gasteiger partial charge is 0.444 e. The summed E-state index contributed by atoms with van der Waals surface area (Å²) in [4.78, 5) is 36.9. The van der Waals surface area contributed by atoms with E-state index in [0.29, 0.717) is 11.7 Å². The number of thioether (sulfide) groups is 1. The Bertz CT molecular complexity index is 951. The lowest BCUT2D eigenvalue weighted by Gasteiger charge is -2.39. The van der Waals surface area contributed by atoms with Crippen molar-refractivity contribution >= 4 is 36.3 Å². The van der Waals surface area contributed by atoms with E-state index in [1.165, 1.54) is 0 Å². The van der Waals surface area contributed by atoms with Gasteiger partial charge in [0.1, 0.15) is 11.6 Å². The Labute approximate surface area is 232 Å². The molecular formula is C27H45BN4O5S. The molecule has 0 bridgehead atoms. The molecule has 1 aromatic heterocycles. The SMILES string of the molecule is CC(C)[C@H](NC(=O)OC(C)(C)C)C(=O)N1CCCC[C@H]1CCSc1ncc(B2OC(C)(C)C(C)(C)O2)cn1. The quantitative estimate of drug-likeness (QED) is 0.293. The molecule has 11 heteroatoms. The summed E-state index contributed by atoms with van der Waals surface area (Å²) in [5.74, 6) is 0.697. The fraction of sp³-hybridized carbons (Fsp3) is 0.778. The molecule has 2 amide bonds. The summed E-state index contributed by atoms with van der Waals surface area (Å²) in [6, 6.07) is -0.501. The van der Waals surface area contributed by atoms with Gasteiger partial charge in [-0.3, -0.25) is 4.79 Å². The first kappa shape index (κ1) is 30.7. The fourth-order valence-electron chi connectivity index (χ4n) is 4.51. The van der Waals surface area contributed by atoms with E-state index >= 15 is 0 Å². The molecule has 1 aromatic rings. The van der Waals surface area contributed by atoms with E-state index in [0.717, 1.165) is 36.9 Å². The molecule has 2 aliphatic heterocycles. The van der Waals surface area contributed by atoms with Crippen molar-refractivity contribution in [2.24, 2.45) is 5.92 Å². The Hall–Kier alpha value is -1.85. The lowest BCUT2D eigenvalue weighted by atomic mass is 9.81. The third-order valence-corrected chi connectivity index (χ3v) is 8.28. The number of piperidine rings is 1. The van der Waals surface area contributed by atoms with Crippen molar-refractivity contribution in [2.75, 3.05) is 12.3 Å². The van der Waals surface area contributed by atoms with Crippen molar-refractivity contribution in [2.45, 2.75) is 122 Å². The highest BCUT2D eigenvalue weighted by Crippen LogP contribution is 2.36. The summed E-state index contributed by atoms with van der Waals surface area (Å²) < 4.78 is 17.6. The molecule has 3 rings (SSSR count). The summed E-state index contributed by atoms with van der Waals surface area (Å²) in [6.45, 7) is 18.1. The predicted octanol–water partition coefficient (Wildman–Crippen LogP) is 4.19. The zero-order valence-corrected chi connectivity index (χ0v) is 25.3. The second-order valence-corrected chi connectivity index (χ2v) is 13.6. The van der Waals surface area contributed by atoms with Crippen molar-refractivity contribution in [1.29, 1.82) is 0 Å². The molecule has 1 N–H and O–H groups in total. The van der Waals surface area contributed by atoms with E-state index in [1.54, 1.807) is 24.2 Å². The Kier molecular flexibility index (Phi) is 9.79. The Morgan fingerprint density at radius 2 is 1.76 bits per heavy atom. The van der Waals surface area contributed by atoms with E-state index in [-0.39, 0.29) is 17.9 Å². The predicted molar refractivity (Wildman–Crippen MR) is 150 cm³/mol. The molecule has 0 unspecified atom stereocenters. The minimum absolute atomic E-state index is 0.0384. The molecule has 9 nitrogen and oxygen atoms in total. The van der Waals surface area contributed by atoms with Crippen LogP contribution in [0, 0.1) is 5.92 Å². The van der Waals surface area contributed by atoms with Crippen molar-refractivity contribution in [3.63, 3.8) is 0 Å². The van der Waals surface area contributed by atoms with Crippen LogP contribution in [0.3, 0.4) is 0 Å². The molecule has 2 aliphatic rings. The molecule has 3 heterocycles. The normalized spacial score (nSPS) is 21.9. The molecule has 212 valence electrons. The molecule has 0 spiro atoms. The number of hydrogen-bond acceptors (Lipinski definition) is 8. The van der Waals surface area contributed by atoms with Crippen molar-refractivity contribution in [1.82, 2.24) is 20.2 Å². The highest BCUT2D eigenvalue weighted by atomic mass is 32.2. The van der Waals surface area contributed by atoms with Gasteiger partial charge in [0.25, 0.3) is 0 Å². The van der Waals surface area contributed by atoms with E-state index < -0.39 is 36.1 Å². The van der Waals surface area contributed by atoms with Gasteiger partial charge in [0.05, 0.1) is 11.2 Å². The largest absolute Gasteiger partial charge is 0.498 e. The Balaban J connectivity index is 1.56. The molecule has 0 aromatic carbocycles. The molecule has 2 fully saturated rings. The van der Waals surface area contributed by atoms with Gasteiger partial charge in [-0.1, -0.05) is 25.6 Å². The summed E-state index contributed by atoms with van der Waals surface area (Å²) in [5.41, 5.74) is -0.643. The summed E-state index contributed by atoms with van der Waals surface area (Å²) >= 11 is 1.58. The number of nitrogens with one attached hydrogen (secondary N) is 1. The highest BCUT2D eigenvalue weighted by Gasteiger charge is 2.52. The summed E-state index contributed by atoms with van der Waals surface area (Å²) in [6.07, 6.45) is 6.81. The molecule has 0 aliphatic carbocycles. The first-order valence-electron chi connectivity index (χ1n) is 13.7. The number of aromatic nitrogens is 2. The average molecular weight is 549 g/mol. The number of carbonyl (C=O) groups is 2. The van der Waals surface area contributed by atoms with Crippen LogP contribution in [0.25, 0.3) is 0 Å². The number of rotatable bonds is 8. The Morgan fingerprint density at radius 1 is 1.16 bits per heavy atom.